The van der Waals surface area contributed by atoms with Crippen LogP contribution in [0.15, 0.2) is 18.5 Å². The first-order chi connectivity index (χ1) is 12.8. The molecule has 7 heteroatoms. The molecule has 0 unspecified atom stereocenters. The molecule has 7 nitrogen and oxygen atoms in total. The fraction of sp³-hybridized carbons (Fsp3) is 0.632. The summed E-state index contributed by atoms with van der Waals surface area (Å²) in [5.41, 5.74) is 2.40. The van der Waals surface area contributed by atoms with Crippen molar-refractivity contribution in [2.24, 2.45) is 0 Å². The summed E-state index contributed by atoms with van der Waals surface area (Å²) in [6, 6.07) is 2.97. The van der Waals surface area contributed by atoms with Crippen molar-refractivity contribution in [3.8, 4) is 0 Å². The molecule has 0 spiro atoms. The Morgan fingerprint density at radius 1 is 1.04 bits per heavy atom. The number of fused-ring (bicyclic) bond motifs is 3. The number of amides is 1. The van der Waals surface area contributed by atoms with Gasteiger partial charge in [0.25, 0.3) is 0 Å². The van der Waals surface area contributed by atoms with Crippen molar-refractivity contribution in [2.75, 3.05) is 39.3 Å². The Balaban J connectivity index is 1.19. The lowest BCUT2D eigenvalue weighted by atomic mass is 9.91. The molecular weight excluding hydrogens is 328 g/mol. The van der Waals surface area contributed by atoms with Crippen LogP contribution in [-0.2, 0) is 17.9 Å². The first-order valence-electron chi connectivity index (χ1n) is 9.81. The van der Waals surface area contributed by atoms with Crippen LogP contribution in [0.1, 0.15) is 25.0 Å². The molecule has 1 amide bonds. The van der Waals surface area contributed by atoms with Crippen molar-refractivity contribution in [3.05, 3.63) is 24.2 Å². The fourth-order valence-corrected chi connectivity index (χ4v) is 4.53. The van der Waals surface area contributed by atoms with Gasteiger partial charge in [0.15, 0.2) is 0 Å². The van der Waals surface area contributed by atoms with E-state index in [1.54, 1.807) is 0 Å². The Morgan fingerprint density at radius 3 is 2.62 bits per heavy atom. The number of hydrogen-bond acceptors (Lipinski definition) is 5. The van der Waals surface area contributed by atoms with Crippen LogP contribution in [-0.4, -0.2) is 80.7 Å². The molecule has 26 heavy (non-hydrogen) atoms. The number of aromatic nitrogens is 3. The quantitative estimate of drug-likeness (QED) is 0.821. The molecule has 5 rings (SSSR count). The largest absolute Gasteiger partial charge is 0.341 e. The zero-order chi connectivity index (χ0) is 17.5. The molecule has 3 aliphatic rings. The number of nitrogens with zero attached hydrogens (tertiary/aromatic N) is 6. The normalized spacial score (nSPS) is 22.4. The molecule has 0 atom stereocenters. The van der Waals surface area contributed by atoms with E-state index in [0.717, 1.165) is 62.8 Å². The molecular formula is C19H26N6O. The molecule has 0 bridgehead atoms. The highest BCUT2D eigenvalue weighted by atomic mass is 16.2. The summed E-state index contributed by atoms with van der Waals surface area (Å²) in [6.45, 7) is 7.04. The number of carbonyl (C=O) groups excluding carboxylic acids is 1. The standard InChI is InChI=1S/C19H26N6O/c26-19(24-7-5-23(6-8-24)16-2-1-3-16)14-22-4-9-25-17(13-22)10-15-11-20-21-12-18(15)25/h10-12,16H,1-9,13-14H2. The number of carbonyl (C=O) groups is 1. The molecule has 2 aliphatic heterocycles. The van der Waals surface area contributed by atoms with Gasteiger partial charge in [-0.15, -0.1) is 0 Å². The van der Waals surface area contributed by atoms with Crippen LogP contribution < -0.4 is 0 Å². The smallest absolute Gasteiger partial charge is 0.236 e. The number of rotatable bonds is 3. The second-order valence-electron chi connectivity index (χ2n) is 7.83. The van der Waals surface area contributed by atoms with Crippen LogP contribution >= 0.6 is 0 Å². The zero-order valence-electron chi connectivity index (χ0n) is 15.2. The topological polar surface area (TPSA) is 57.5 Å². The Hall–Kier alpha value is -1.99. The van der Waals surface area contributed by atoms with E-state index in [9.17, 15) is 4.79 Å². The summed E-state index contributed by atoms with van der Waals surface area (Å²) in [4.78, 5) is 19.7. The van der Waals surface area contributed by atoms with E-state index in [-0.39, 0.29) is 5.91 Å². The van der Waals surface area contributed by atoms with Gasteiger partial charge in [-0.05, 0) is 18.9 Å². The van der Waals surface area contributed by atoms with Gasteiger partial charge in [-0.1, -0.05) is 6.42 Å². The van der Waals surface area contributed by atoms with Gasteiger partial charge in [0.05, 0.1) is 24.5 Å². The van der Waals surface area contributed by atoms with E-state index in [1.165, 1.54) is 25.0 Å². The van der Waals surface area contributed by atoms with Crippen molar-refractivity contribution in [3.63, 3.8) is 0 Å². The minimum atomic E-state index is 0.283. The maximum Gasteiger partial charge on any atom is 0.236 e. The molecule has 0 aromatic carbocycles. The number of piperazine rings is 1. The van der Waals surface area contributed by atoms with E-state index in [1.807, 2.05) is 12.4 Å². The van der Waals surface area contributed by atoms with Crippen LogP contribution in [0.3, 0.4) is 0 Å². The predicted octanol–water partition coefficient (Wildman–Crippen LogP) is 0.944. The Kier molecular flexibility index (Phi) is 4.13. The lowest BCUT2D eigenvalue weighted by Gasteiger charge is -2.43. The number of hydrogen-bond donors (Lipinski definition) is 0. The van der Waals surface area contributed by atoms with Gasteiger partial charge in [-0.2, -0.15) is 10.2 Å². The van der Waals surface area contributed by atoms with Crippen LogP contribution in [0.5, 0.6) is 0 Å². The minimum Gasteiger partial charge on any atom is -0.341 e. The molecule has 1 saturated heterocycles. The highest BCUT2D eigenvalue weighted by molar-refractivity contribution is 5.80. The molecule has 2 fully saturated rings. The highest BCUT2D eigenvalue weighted by Crippen LogP contribution is 2.26. The monoisotopic (exact) mass is 354 g/mol. The van der Waals surface area contributed by atoms with Crippen molar-refractivity contribution in [1.82, 2.24) is 29.5 Å². The molecule has 138 valence electrons. The van der Waals surface area contributed by atoms with Crippen LogP contribution in [0.4, 0.5) is 0 Å². The average molecular weight is 354 g/mol. The molecule has 1 saturated carbocycles. The summed E-state index contributed by atoms with van der Waals surface area (Å²) >= 11 is 0. The van der Waals surface area contributed by atoms with Gasteiger partial charge in [0.2, 0.25) is 5.91 Å². The molecule has 0 radical (unpaired) electrons. The summed E-state index contributed by atoms with van der Waals surface area (Å²) in [5.74, 6) is 0.283. The van der Waals surface area contributed by atoms with E-state index in [0.29, 0.717) is 6.54 Å². The molecule has 4 heterocycles. The highest BCUT2D eigenvalue weighted by Gasteiger charge is 2.30. The third-order valence-corrected chi connectivity index (χ3v) is 6.34. The second-order valence-corrected chi connectivity index (χ2v) is 7.83. The van der Waals surface area contributed by atoms with Crippen LogP contribution in [0.2, 0.25) is 0 Å². The Labute approximate surface area is 153 Å². The van der Waals surface area contributed by atoms with Crippen LogP contribution in [0, 0.1) is 0 Å². The first kappa shape index (κ1) is 16.2. The predicted molar refractivity (Wildman–Crippen MR) is 98.6 cm³/mol. The second kappa shape index (κ2) is 6.63. The zero-order valence-corrected chi connectivity index (χ0v) is 15.2. The third-order valence-electron chi connectivity index (χ3n) is 6.34. The van der Waals surface area contributed by atoms with Crippen molar-refractivity contribution in [2.45, 2.75) is 38.4 Å². The maximum absolute atomic E-state index is 12.7. The average Bonchev–Trinajstić information content (AvgIpc) is 2.98. The van der Waals surface area contributed by atoms with Gasteiger partial charge in [-0.3, -0.25) is 14.6 Å². The van der Waals surface area contributed by atoms with E-state index < -0.39 is 0 Å². The Bertz CT molecular complexity index is 805. The van der Waals surface area contributed by atoms with Crippen LogP contribution in [0.25, 0.3) is 10.9 Å². The van der Waals surface area contributed by atoms with Gasteiger partial charge in [0, 0.05) is 62.9 Å². The van der Waals surface area contributed by atoms with Gasteiger partial charge >= 0.3 is 0 Å². The Morgan fingerprint density at radius 2 is 1.85 bits per heavy atom. The summed E-state index contributed by atoms with van der Waals surface area (Å²) in [6.07, 6.45) is 7.72. The SMILES string of the molecule is O=C(CN1CCn2c(cc3cnncc32)C1)N1CCN(C2CCC2)CC1. The van der Waals surface area contributed by atoms with E-state index in [2.05, 4.69) is 35.5 Å². The summed E-state index contributed by atoms with van der Waals surface area (Å²) in [5, 5.41) is 9.11. The maximum atomic E-state index is 12.7. The lowest BCUT2D eigenvalue weighted by Crippen LogP contribution is -2.55. The molecule has 2 aromatic heterocycles. The van der Waals surface area contributed by atoms with Crippen molar-refractivity contribution < 1.29 is 4.79 Å². The summed E-state index contributed by atoms with van der Waals surface area (Å²) in [7, 11) is 0. The molecule has 1 aliphatic carbocycles. The van der Waals surface area contributed by atoms with Crippen molar-refractivity contribution in [1.29, 1.82) is 0 Å². The third kappa shape index (κ3) is 2.89. The minimum absolute atomic E-state index is 0.283. The van der Waals surface area contributed by atoms with Gasteiger partial charge < -0.3 is 9.47 Å². The van der Waals surface area contributed by atoms with Gasteiger partial charge in [0.1, 0.15) is 0 Å². The molecule has 2 aromatic rings. The summed E-state index contributed by atoms with van der Waals surface area (Å²) < 4.78 is 2.31. The van der Waals surface area contributed by atoms with Crippen molar-refractivity contribution >= 4 is 16.8 Å². The van der Waals surface area contributed by atoms with E-state index in [4.69, 9.17) is 0 Å². The lowest BCUT2D eigenvalue weighted by molar-refractivity contribution is -0.135. The first-order valence-corrected chi connectivity index (χ1v) is 9.81. The van der Waals surface area contributed by atoms with Gasteiger partial charge in [-0.25, -0.2) is 0 Å². The molecule has 0 N–H and O–H groups in total. The fourth-order valence-electron chi connectivity index (χ4n) is 4.53. The van der Waals surface area contributed by atoms with E-state index >= 15 is 0 Å².